The molecular weight excluding hydrogens is 354 g/mol. The fourth-order valence-corrected chi connectivity index (χ4v) is 3.81. The van der Waals surface area contributed by atoms with Crippen LogP contribution in [0.5, 0.6) is 0 Å². The van der Waals surface area contributed by atoms with Gasteiger partial charge in [-0.15, -0.1) is 0 Å². The Morgan fingerprint density at radius 2 is 2.00 bits per heavy atom. The average molecular weight is 390 g/mol. The van der Waals surface area contributed by atoms with Crippen LogP contribution in [0, 0.1) is 11.8 Å². The van der Waals surface area contributed by atoms with Crippen molar-refractivity contribution in [2.24, 2.45) is 11.8 Å². The third kappa shape index (κ3) is 6.82. The van der Waals surface area contributed by atoms with Crippen LogP contribution in [0.1, 0.15) is 51.2 Å². The molecule has 1 aromatic rings. The highest BCUT2D eigenvalue weighted by Gasteiger charge is 2.31. The number of amides is 2. The van der Waals surface area contributed by atoms with Crippen molar-refractivity contribution in [3.05, 3.63) is 35.4 Å². The Balaban J connectivity index is 1.89. The Morgan fingerprint density at radius 3 is 2.68 bits per heavy atom. The van der Waals surface area contributed by atoms with Crippen molar-refractivity contribution < 1.29 is 14.7 Å². The highest BCUT2D eigenvalue weighted by atomic mass is 16.4. The zero-order chi connectivity index (χ0) is 20.5. The van der Waals surface area contributed by atoms with Gasteiger partial charge in [-0.3, -0.25) is 9.69 Å². The molecule has 2 N–H and O–H groups in total. The lowest BCUT2D eigenvalue weighted by Crippen LogP contribution is -2.49. The Morgan fingerprint density at radius 1 is 1.25 bits per heavy atom. The lowest BCUT2D eigenvalue weighted by molar-refractivity contribution is -0.143. The van der Waals surface area contributed by atoms with Gasteiger partial charge in [0.2, 0.25) is 0 Å². The van der Waals surface area contributed by atoms with Gasteiger partial charge in [-0.25, -0.2) is 4.79 Å². The molecule has 0 saturated carbocycles. The lowest BCUT2D eigenvalue weighted by Gasteiger charge is -2.34. The predicted octanol–water partition coefficient (Wildman–Crippen LogP) is 3.56. The van der Waals surface area contributed by atoms with E-state index in [0.29, 0.717) is 19.5 Å². The summed E-state index contributed by atoms with van der Waals surface area (Å²) in [5, 5.41) is 12.2. The molecule has 2 rings (SSSR count). The zero-order valence-electron chi connectivity index (χ0n) is 17.5. The molecule has 1 aliphatic heterocycles. The Bertz CT molecular complexity index is 650. The van der Waals surface area contributed by atoms with Gasteiger partial charge >= 0.3 is 12.0 Å². The summed E-state index contributed by atoms with van der Waals surface area (Å²) in [4.78, 5) is 27.9. The van der Waals surface area contributed by atoms with Crippen LogP contribution in [0.3, 0.4) is 0 Å². The molecule has 2 unspecified atom stereocenters. The van der Waals surface area contributed by atoms with Gasteiger partial charge in [0.25, 0.3) is 0 Å². The fraction of sp³-hybridized carbons (Fsp3) is 0.636. The van der Waals surface area contributed by atoms with Gasteiger partial charge in [-0.1, -0.05) is 51.5 Å². The molecule has 1 saturated heterocycles. The van der Waals surface area contributed by atoms with Gasteiger partial charge in [0.15, 0.2) is 0 Å². The number of hydrogen-bond acceptors (Lipinski definition) is 3. The molecule has 0 bridgehead atoms. The van der Waals surface area contributed by atoms with Crippen molar-refractivity contribution in [1.29, 1.82) is 0 Å². The van der Waals surface area contributed by atoms with E-state index >= 15 is 0 Å². The first-order valence-corrected chi connectivity index (χ1v) is 10.5. The second kappa shape index (κ2) is 11.1. The molecule has 0 radical (unpaired) electrons. The number of likely N-dealkylation sites (tertiary alicyclic amines) is 1. The quantitative estimate of drug-likeness (QED) is 0.677. The lowest BCUT2D eigenvalue weighted by atomic mass is 9.91. The van der Waals surface area contributed by atoms with Crippen LogP contribution in [0.2, 0.25) is 0 Å². The van der Waals surface area contributed by atoms with Gasteiger partial charge in [0.1, 0.15) is 0 Å². The largest absolute Gasteiger partial charge is 0.481 e. The third-order valence-electron chi connectivity index (χ3n) is 5.41. The average Bonchev–Trinajstić information content (AvgIpc) is 2.69. The molecular formula is C22H35N3O3. The van der Waals surface area contributed by atoms with Crippen molar-refractivity contribution >= 4 is 12.0 Å². The first-order valence-electron chi connectivity index (χ1n) is 10.5. The Labute approximate surface area is 168 Å². The maximum atomic E-state index is 12.5. The number of urea groups is 1. The minimum Gasteiger partial charge on any atom is -0.481 e. The molecule has 2 amide bonds. The van der Waals surface area contributed by atoms with Crippen molar-refractivity contribution in [3.8, 4) is 0 Å². The number of carboxylic acid groups (broad SMARTS) is 1. The SMILES string of the molecule is CCCCN(CC)Cc1cccc(CNC(=O)N2CC(C)CC(C(=O)O)C2)c1. The molecule has 2 atom stereocenters. The first kappa shape index (κ1) is 22.2. The molecule has 6 nitrogen and oxygen atoms in total. The third-order valence-corrected chi connectivity index (χ3v) is 5.41. The second-order valence-electron chi connectivity index (χ2n) is 7.98. The normalized spacial score (nSPS) is 19.6. The van der Waals surface area contributed by atoms with Crippen molar-refractivity contribution in [3.63, 3.8) is 0 Å². The standard InChI is InChI=1S/C22H35N3O3/c1-4-6-10-24(5-2)15-19-9-7-8-18(12-19)13-23-22(28)25-14-17(3)11-20(16-25)21(26)27/h7-9,12,17,20H,4-6,10-11,13-16H2,1-3H3,(H,23,28)(H,26,27). The van der Waals surface area contributed by atoms with E-state index in [2.05, 4.69) is 36.2 Å². The number of rotatable bonds is 9. The maximum absolute atomic E-state index is 12.5. The van der Waals surface area contributed by atoms with E-state index in [1.165, 1.54) is 18.4 Å². The van der Waals surface area contributed by atoms with E-state index < -0.39 is 11.9 Å². The Hall–Kier alpha value is -2.08. The smallest absolute Gasteiger partial charge is 0.317 e. The summed E-state index contributed by atoms with van der Waals surface area (Å²) in [6.45, 7) is 10.8. The molecule has 156 valence electrons. The summed E-state index contributed by atoms with van der Waals surface area (Å²) in [5.41, 5.74) is 2.32. The van der Waals surface area contributed by atoms with Gasteiger partial charge < -0.3 is 15.3 Å². The number of piperidine rings is 1. The van der Waals surface area contributed by atoms with Gasteiger partial charge in [0, 0.05) is 26.2 Å². The van der Waals surface area contributed by atoms with E-state index in [9.17, 15) is 14.7 Å². The number of carbonyl (C=O) groups is 2. The van der Waals surface area contributed by atoms with Crippen LogP contribution in [0.4, 0.5) is 4.79 Å². The molecule has 1 fully saturated rings. The van der Waals surface area contributed by atoms with Crippen LogP contribution in [-0.4, -0.2) is 53.1 Å². The highest BCUT2D eigenvalue weighted by Crippen LogP contribution is 2.21. The maximum Gasteiger partial charge on any atom is 0.317 e. The summed E-state index contributed by atoms with van der Waals surface area (Å²) in [6.07, 6.45) is 3.03. The fourth-order valence-electron chi connectivity index (χ4n) is 3.81. The summed E-state index contributed by atoms with van der Waals surface area (Å²) < 4.78 is 0. The zero-order valence-corrected chi connectivity index (χ0v) is 17.5. The van der Waals surface area contributed by atoms with Crippen LogP contribution < -0.4 is 5.32 Å². The molecule has 28 heavy (non-hydrogen) atoms. The number of hydrogen-bond donors (Lipinski definition) is 2. The predicted molar refractivity (Wildman–Crippen MR) is 111 cm³/mol. The van der Waals surface area contributed by atoms with E-state index in [-0.39, 0.29) is 18.5 Å². The molecule has 0 aromatic heterocycles. The van der Waals surface area contributed by atoms with Crippen LogP contribution in [0.25, 0.3) is 0 Å². The summed E-state index contributed by atoms with van der Waals surface area (Å²) >= 11 is 0. The van der Waals surface area contributed by atoms with Crippen molar-refractivity contribution in [2.45, 2.75) is 53.1 Å². The van der Waals surface area contributed by atoms with Gasteiger partial charge in [-0.05, 0) is 43.0 Å². The second-order valence-corrected chi connectivity index (χ2v) is 7.98. The van der Waals surface area contributed by atoms with Crippen LogP contribution in [-0.2, 0) is 17.9 Å². The number of carboxylic acids is 1. The number of nitrogens with one attached hydrogen (secondary N) is 1. The number of unbranched alkanes of at least 4 members (excludes halogenated alkanes) is 1. The van der Waals surface area contributed by atoms with E-state index in [0.717, 1.165) is 25.2 Å². The van der Waals surface area contributed by atoms with Crippen molar-refractivity contribution in [1.82, 2.24) is 15.1 Å². The monoisotopic (exact) mass is 389 g/mol. The van der Waals surface area contributed by atoms with Crippen LogP contribution >= 0.6 is 0 Å². The topological polar surface area (TPSA) is 72.9 Å². The Kier molecular flexibility index (Phi) is 8.77. The highest BCUT2D eigenvalue weighted by molar-refractivity contribution is 5.76. The van der Waals surface area contributed by atoms with Crippen molar-refractivity contribution in [2.75, 3.05) is 26.2 Å². The number of nitrogens with zero attached hydrogens (tertiary/aromatic N) is 2. The van der Waals surface area contributed by atoms with Crippen LogP contribution in [0.15, 0.2) is 24.3 Å². The molecule has 6 heteroatoms. The first-order chi connectivity index (χ1) is 13.4. The van der Waals surface area contributed by atoms with E-state index in [4.69, 9.17) is 0 Å². The van der Waals surface area contributed by atoms with Gasteiger partial charge in [0.05, 0.1) is 5.92 Å². The molecule has 1 aromatic carbocycles. The minimum absolute atomic E-state index is 0.179. The van der Waals surface area contributed by atoms with Gasteiger partial charge in [-0.2, -0.15) is 0 Å². The summed E-state index contributed by atoms with van der Waals surface area (Å²) in [7, 11) is 0. The molecule has 1 heterocycles. The molecule has 0 aliphatic carbocycles. The van der Waals surface area contributed by atoms with E-state index in [1.54, 1.807) is 4.90 Å². The molecule has 1 aliphatic rings. The summed E-state index contributed by atoms with van der Waals surface area (Å²) in [5.74, 6) is -1.09. The minimum atomic E-state index is -0.819. The number of carbonyl (C=O) groups excluding carboxylic acids is 1. The molecule has 0 spiro atoms. The van der Waals surface area contributed by atoms with E-state index in [1.807, 2.05) is 19.1 Å². The number of aliphatic carboxylic acids is 1. The number of benzene rings is 1. The summed E-state index contributed by atoms with van der Waals surface area (Å²) in [6, 6.07) is 8.15.